The lowest BCUT2D eigenvalue weighted by Gasteiger charge is -2.10. The third-order valence-corrected chi connectivity index (χ3v) is 4.53. The van der Waals surface area contributed by atoms with Crippen LogP contribution in [0.25, 0.3) is 0 Å². The molecule has 1 unspecified atom stereocenters. The second-order valence-corrected chi connectivity index (χ2v) is 5.50. The van der Waals surface area contributed by atoms with Gasteiger partial charge in [0.15, 0.2) is 0 Å². The van der Waals surface area contributed by atoms with E-state index in [4.69, 9.17) is 11.6 Å². The molecule has 1 atom stereocenters. The number of nitrogens with zero attached hydrogens (tertiary/aromatic N) is 1. The Labute approximate surface area is 114 Å². The summed E-state index contributed by atoms with van der Waals surface area (Å²) in [5, 5.41) is 12.2. The van der Waals surface area contributed by atoms with Crippen molar-refractivity contribution in [3.05, 3.63) is 59.7 Å². The van der Waals surface area contributed by atoms with Crippen LogP contribution in [0.15, 0.2) is 63.5 Å². The Morgan fingerprint density at radius 2 is 1.67 bits per heavy atom. The van der Waals surface area contributed by atoms with Gasteiger partial charge in [-0.05, 0) is 17.7 Å². The summed E-state index contributed by atoms with van der Waals surface area (Å²) in [7, 11) is 0. The van der Waals surface area contributed by atoms with Crippen LogP contribution in [0, 0.1) is 0 Å². The normalized spacial score (nSPS) is 20.1. The number of oxime groups is 1. The minimum atomic E-state index is -0.428. The van der Waals surface area contributed by atoms with Gasteiger partial charge in [-0.25, -0.2) is 0 Å². The lowest BCUT2D eigenvalue weighted by atomic mass is 10.0. The van der Waals surface area contributed by atoms with Gasteiger partial charge in [-0.1, -0.05) is 53.3 Å². The smallest absolute Gasteiger partial charge is 0.110 e. The summed E-state index contributed by atoms with van der Waals surface area (Å²) in [4.78, 5) is 2.16. The monoisotopic (exact) mass is 275 g/mol. The largest absolute Gasteiger partial charge is 0.411 e. The summed E-state index contributed by atoms with van der Waals surface area (Å²) < 4.78 is 0. The Kier molecular flexibility index (Phi) is 3.02. The van der Waals surface area contributed by atoms with E-state index in [0.717, 1.165) is 20.9 Å². The van der Waals surface area contributed by atoms with Crippen molar-refractivity contribution < 1.29 is 5.21 Å². The molecule has 0 amide bonds. The predicted octanol–water partition coefficient (Wildman–Crippen LogP) is 4.31. The van der Waals surface area contributed by atoms with Crippen LogP contribution in [0.5, 0.6) is 0 Å². The fourth-order valence-electron chi connectivity index (χ4n) is 2.06. The van der Waals surface area contributed by atoms with E-state index in [2.05, 4.69) is 5.16 Å². The highest BCUT2D eigenvalue weighted by Gasteiger charge is 2.26. The third-order valence-electron chi connectivity index (χ3n) is 2.92. The molecule has 0 radical (unpaired) electrons. The van der Waals surface area contributed by atoms with E-state index in [9.17, 15) is 5.21 Å². The molecule has 2 aromatic rings. The molecule has 3 rings (SSSR count). The highest BCUT2D eigenvalue weighted by molar-refractivity contribution is 7.99. The fraction of sp³-hybridized carbons (Fsp3) is 0.0714. The van der Waals surface area contributed by atoms with Crippen LogP contribution in [-0.2, 0) is 0 Å². The summed E-state index contributed by atoms with van der Waals surface area (Å²) in [5.41, 5.74) is 2.37. The van der Waals surface area contributed by atoms with Crippen LogP contribution in [0.2, 0.25) is 0 Å². The van der Waals surface area contributed by atoms with E-state index in [1.54, 1.807) is 11.8 Å². The Morgan fingerprint density at radius 3 is 2.44 bits per heavy atom. The highest BCUT2D eigenvalue weighted by Crippen LogP contribution is 2.42. The van der Waals surface area contributed by atoms with Crippen molar-refractivity contribution in [2.45, 2.75) is 15.2 Å². The van der Waals surface area contributed by atoms with Gasteiger partial charge >= 0.3 is 0 Å². The average Bonchev–Trinajstić information content (AvgIpc) is 2.53. The van der Waals surface area contributed by atoms with Crippen LogP contribution in [0.1, 0.15) is 16.5 Å². The molecular formula is C14H10ClNOS. The van der Waals surface area contributed by atoms with E-state index in [1.165, 1.54) is 0 Å². The first-order valence-corrected chi connectivity index (χ1v) is 6.79. The Balaban J connectivity index is 2.27. The number of benzene rings is 2. The summed E-state index contributed by atoms with van der Waals surface area (Å²) in [6.07, 6.45) is 0. The fourth-order valence-corrected chi connectivity index (χ4v) is 3.59. The molecule has 0 saturated heterocycles. The van der Waals surface area contributed by atoms with Gasteiger partial charge in [-0.2, -0.15) is 0 Å². The zero-order chi connectivity index (χ0) is 12.5. The first-order valence-electron chi connectivity index (χ1n) is 5.53. The van der Waals surface area contributed by atoms with Crippen LogP contribution >= 0.6 is 23.4 Å². The maximum atomic E-state index is 9.25. The Bertz CT molecular complexity index is 627. The number of hydrogen-bond acceptors (Lipinski definition) is 3. The van der Waals surface area contributed by atoms with Crippen molar-refractivity contribution in [3.63, 3.8) is 0 Å². The van der Waals surface area contributed by atoms with Crippen LogP contribution < -0.4 is 0 Å². The molecule has 0 aliphatic carbocycles. The summed E-state index contributed by atoms with van der Waals surface area (Å²) in [5.74, 6) is 0. The number of alkyl halides is 1. The van der Waals surface area contributed by atoms with Gasteiger partial charge in [0.1, 0.15) is 11.1 Å². The zero-order valence-electron chi connectivity index (χ0n) is 9.38. The van der Waals surface area contributed by atoms with Gasteiger partial charge in [0.25, 0.3) is 0 Å². The summed E-state index contributed by atoms with van der Waals surface area (Å²) >= 11 is 8.09. The third kappa shape index (κ3) is 1.80. The summed E-state index contributed by atoms with van der Waals surface area (Å²) in [6.45, 7) is 0. The van der Waals surface area contributed by atoms with E-state index >= 15 is 0 Å². The van der Waals surface area contributed by atoms with Crippen molar-refractivity contribution in [1.82, 2.24) is 0 Å². The maximum absolute atomic E-state index is 9.25. The Morgan fingerprint density at radius 1 is 1.00 bits per heavy atom. The Hall–Kier alpha value is -1.45. The molecule has 1 aliphatic rings. The van der Waals surface area contributed by atoms with E-state index in [-0.39, 0.29) is 0 Å². The van der Waals surface area contributed by atoms with Gasteiger partial charge < -0.3 is 5.21 Å². The second-order valence-electron chi connectivity index (χ2n) is 3.98. The number of rotatable bonds is 0. The molecule has 1 heterocycles. The molecule has 1 N–H and O–H groups in total. The topological polar surface area (TPSA) is 32.6 Å². The summed E-state index contributed by atoms with van der Waals surface area (Å²) in [6, 6.07) is 15.8. The van der Waals surface area contributed by atoms with Crippen molar-refractivity contribution in [1.29, 1.82) is 0 Å². The molecule has 2 nitrogen and oxygen atoms in total. The van der Waals surface area contributed by atoms with Crippen molar-refractivity contribution >= 4 is 29.1 Å². The first kappa shape index (κ1) is 11.6. The molecule has 0 fully saturated rings. The molecule has 4 heteroatoms. The molecule has 0 saturated carbocycles. The minimum Gasteiger partial charge on any atom is -0.411 e. The molecule has 2 aromatic carbocycles. The van der Waals surface area contributed by atoms with Crippen LogP contribution in [-0.4, -0.2) is 10.9 Å². The maximum Gasteiger partial charge on any atom is 0.110 e. The highest BCUT2D eigenvalue weighted by atomic mass is 35.5. The second kappa shape index (κ2) is 4.67. The molecule has 0 aromatic heterocycles. The minimum absolute atomic E-state index is 0.428. The lowest BCUT2D eigenvalue weighted by molar-refractivity contribution is 0.318. The van der Waals surface area contributed by atoms with E-state index in [0.29, 0.717) is 5.71 Å². The van der Waals surface area contributed by atoms with E-state index < -0.39 is 5.38 Å². The van der Waals surface area contributed by atoms with Gasteiger partial charge in [0, 0.05) is 15.4 Å². The first-order chi connectivity index (χ1) is 8.81. The molecule has 18 heavy (non-hydrogen) atoms. The van der Waals surface area contributed by atoms with Gasteiger partial charge in [-0.3, -0.25) is 0 Å². The molecule has 90 valence electrons. The van der Waals surface area contributed by atoms with Gasteiger partial charge in [0.2, 0.25) is 0 Å². The number of hydrogen-bond donors (Lipinski definition) is 1. The number of fused-ring (bicyclic) bond motifs is 2. The van der Waals surface area contributed by atoms with Crippen molar-refractivity contribution in [2.24, 2.45) is 5.16 Å². The standard InChI is InChI=1S/C14H10ClNOS/c15-13-9-5-1-3-7-11(9)18-12-8-4-2-6-10(12)14(13)16-17/h1-8,13,17H/b16-14+. The van der Waals surface area contributed by atoms with Crippen LogP contribution in [0.3, 0.4) is 0 Å². The van der Waals surface area contributed by atoms with Crippen molar-refractivity contribution in [2.75, 3.05) is 0 Å². The van der Waals surface area contributed by atoms with Gasteiger partial charge in [-0.15, -0.1) is 11.6 Å². The van der Waals surface area contributed by atoms with Crippen molar-refractivity contribution in [3.8, 4) is 0 Å². The predicted molar refractivity (Wildman–Crippen MR) is 73.9 cm³/mol. The molecule has 0 bridgehead atoms. The zero-order valence-corrected chi connectivity index (χ0v) is 10.9. The molecule has 0 spiro atoms. The molecule has 1 aliphatic heterocycles. The number of halogens is 1. The lowest BCUT2D eigenvalue weighted by Crippen LogP contribution is -2.08. The van der Waals surface area contributed by atoms with Crippen LogP contribution in [0.4, 0.5) is 0 Å². The molecular weight excluding hydrogens is 266 g/mol. The van der Waals surface area contributed by atoms with E-state index in [1.807, 2.05) is 48.5 Å². The quantitative estimate of drug-likeness (QED) is 0.441. The SMILES string of the molecule is O/N=C1\c2ccccc2Sc2ccccc2C1Cl. The van der Waals surface area contributed by atoms with Gasteiger partial charge in [0.05, 0.1) is 0 Å². The average molecular weight is 276 g/mol.